The molecule has 5 nitrogen and oxygen atoms in total. The number of rotatable bonds is 2. The lowest BCUT2D eigenvalue weighted by atomic mass is 10.1. The smallest absolute Gasteiger partial charge is 0.374 e. The van der Waals surface area contributed by atoms with Crippen molar-refractivity contribution < 1.29 is 25.8 Å². The van der Waals surface area contributed by atoms with Crippen molar-refractivity contribution in [1.82, 2.24) is 9.97 Å². The third kappa shape index (κ3) is 2.17. The highest BCUT2D eigenvalue weighted by molar-refractivity contribution is 7.88. The quantitative estimate of drug-likeness (QED) is 0.578. The second-order valence-corrected chi connectivity index (χ2v) is 6.15. The van der Waals surface area contributed by atoms with E-state index in [1.807, 2.05) is 0 Å². The summed E-state index contributed by atoms with van der Waals surface area (Å²) >= 11 is 0. The molecule has 3 rings (SSSR count). The van der Waals surface area contributed by atoms with Crippen molar-refractivity contribution in [2.75, 3.05) is 0 Å². The molecule has 1 N–H and O–H groups in total. The first kappa shape index (κ1) is 14.6. The normalized spacial score (nSPS) is 12.9. The topological polar surface area (TPSA) is 72.0 Å². The first-order valence-electron chi connectivity index (χ1n) is 6.07. The predicted molar refractivity (Wildman–Crippen MR) is 73.9 cm³/mol. The van der Waals surface area contributed by atoms with E-state index in [-0.39, 0.29) is 5.39 Å². The van der Waals surface area contributed by atoms with Gasteiger partial charge in [-0.1, -0.05) is 18.2 Å². The number of hydrogen-bond acceptors (Lipinski definition) is 4. The minimum absolute atomic E-state index is 0.246. The second-order valence-electron chi connectivity index (χ2n) is 4.61. The molecule has 0 bridgehead atoms. The Kier molecular flexibility index (Phi) is 3.06. The number of fused-ring (bicyclic) bond motifs is 3. The molecule has 0 unspecified atom stereocenters. The number of H-pyrrole nitrogens is 1. The Morgan fingerprint density at radius 3 is 2.59 bits per heavy atom. The molecule has 3 aromatic rings. The van der Waals surface area contributed by atoms with Gasteiger partial charge in [0.2, 0.25) is 0 Å². The van der Waals surface area contributed by atoms with Gasteiger partial charge in [-0.2, -0.15) is 21.6 Å². The minimum atomic E-state index is -5.76. The maximum Gasteiger partial charge on any atom is 0.534 e. The van der Waals surface area contributed by atoms with Crippen LogP contribution in [0.4, 0.5) is 13.2 Å². The largest absolute Gasteiger partial charge is 0.534 e. The van der Waals surface area contributed by atoms with Gasteiger partial charge in [-0.15, -0.1) is 0 Å². The van der Waals surface area contributed by atoms with Crippen molar-refractivity contribution in [2.24, 2.45) is 0 Å². The van der Waals surface area contributed by atoms with Crippen molar-refractivity contribution in [3.8, 4) is 5.75 Å². The van der Waals surface area contributed by atoms with Gasteiger partial charge in [0.15, 0.2) is 5.75 Å². The van der Waals surface area contributed by atoms with E-state index in [2.05, 4.69) is 14.2 Å². The minimum Gasteiger partial charge on any atom is -0.374 e. The van der Waals surface area contributed by atoms with Crippen molar-refractivity contribution in [3.63, 3.8) is 0 Å². The Hall–Kier alpha value is -2.29. The highest BCUT2D eigenvalue weighted by atomic mass is 32.2. The van der Waals surface area contributed by atoms with Crippen molar-refractivity contribution in [2.45, 2.75) is 12.4 Å². The Morgan fingerprint density at radius 2 is 1.91 bits per heavy atom. The van der Waals surface area contributed by atoms with Crippen molar-refractivity contribution >= 4 is 31.9 Å². The number of alkyl halides is 3. The molecule has 0 aliphatic heterocycles. The Balaban J connectivity index is 2.29. The van der Waals surface area contributed by atoms with Gasteiger partial charge < -0.3 is 9.17 Å². The van der Waals surface area contributed by atoms with E-state index in [1.165, 1.54) is 0 Å². The van der Waals surface area contributed by atoms with Gasteiger partial charge >= 0.3 is 15.6 Å². The van der Waals surface area contributed by atoms with Gasteiger partial charge in [0.25, 0.3) is 0 Å². The van der Waals surface area contributed by atoms with Gasteiger partial charge in [0.05, 0.1) is 22.8 Å². The average molecular weight is 330 g/mol. The van der Waals surface area contributed by atoms with Crippen LogP contribution >= 0.6 is 0 Å². The number of pyridine rings is 1. The summed E-state index contributed by atoms with van der Waals surface area (Å²) in [5.74, 6) is -0.463. The molecule has 0 amide bonds. The number of nitrogens with zero attached hydrogens (tertiary/aromatic N) is 1. The molecule has 2 heterocycles. The van der Waals surface area contributed by atoms with Crippen molar-refractivity contribution in [1.29, 1.82) is 0 Å². The van der Waals surface area contributed by atoms with E-state index in [0.717, 1.165) is 6.20 Å². The SMILES string of the molecule is Cc1ncc(OS(=O)(=O)C(F)(F)F)c2c1[nH]c1ccccc12. The van der Waals surface area contributed by atoms with Crippen LogP contribution in [0.3, 0.4) is 0 Å². The summed E-state index contributed by atoms with van der Waals surface area (Å²) in [6.45, 7) is 1.65. The summed E-state index contributed by atoms with van der Waals surface area (Å²) in [5.41, 5.74) is -3.92. The Labute approximate surface area is 122 Å². The molecule has 2 aromatic heterocycles. The molecular formula is C13H9F3N2O3S. The molecule has 0 radical (unpaired) electrons. The maximum atomic E-state index is 12.5. The Bertz CT molecular complexity index is 977. The average Bonchev–Trinajstić information content (AvgIpc) is 2.81. The van der Waals surface area contributed by atoms with E-state index in [4.69, 9.17) is 0 Å². The first-order valence-corrected chi connectivity index (χ1v) is 7.48. The van der Waals surface area contributed by atoms with Crippen LogP contribution in [0.5, 0.6) is 5.75 Å². The van der Waals surface area contributed by atoms with Crippen molar-refractivity contribution in [3.05, 3.63) is 36.2 Å². The maximum absolute atomic E-state index is 12.5. The number of aromatic nitrogens is 2. The van der Waals surface area contributed by atoms with Crippen LogP contribution in [0.15, 0.2) is 30.5 Å². The summed E-state index contributed by atoms with van der Waals surface area (Å²) < 4.78 is 64.2. The lowest BCUT2D eigenvalue weighted by Crippen LogP contribution is -2.28. The molecule has 9 heteroatoms. The van der Waals surface area contributed by atoms with Gasteiger partial charge in [-0.3, -0.25) is 4.98 Å². The monoisotopic (exact) mass is 330 g/mol. The first-order chi connectivity index (χ1) is 10.2. The van der Waals surface area contributed by atoms with Crippen LogP contribution in [-0.2, 0) is 10.1 Å². The molecule has 0 saturated carbocycles. The van der Waals surface area contributed by atoms with Crippen LogP contribution in [-0.4, -0.2) is 23.9 Å². The van der Waals surface area contributed by atoms with Gasteiger partial charge in [-0.25, -0.2) is 0 Å². The molecule has 1 aromatic carbocycles. The Morgan fingerprint density at radius 1 is 1.23 bits per heavy atom. The summed E-state index contributed by atoms with van der Waals surface area (Å²) in [7, 11) is -5.76. The number of aryl methyl sites for hydroxylation is 1. The van der Waals surface area contributed by atoms with Crippen LogP contribution in [0.25, 0.3) is 21.8 Å². The molecule has 0 aliphatic rings. The molecule has 0 aliphatic carbocycles. The number of hydrogen-bond donors (Lipinski definition) is 1. The zero-order chi connectivity index (χ0) is 16.1. The number of nitrogens with one attached hydrogen (secondary N) is 1. The lowest BCUT2D eigenvalue weighted by molar-refractivity contribution is -0.0499. The molecule has 22 heavy (non-hydrogen) atoms. The van der Waals surface area contributed by atoms with Gasteiger partial charge in [0.1, 0.15) is 0 Å². The molecular weight excluding hydrogens is 321 g/mol. The molecule has 0 fully saturated rings. The number of halogens is 3. The standard InChI is InChI=1S/C13H9F3N2O3S/c1-7-12-11(8-4-2-3-5-9(8)18-12)10(6-17-7)21-22(19,20)13(14,15)16/h2-6,18H,1H3. The highest BCUT2D eigenvalue weighted by Gasteiger charge is 2.48. The number of aromatic amines is 1. The zero-order valence-electron chi connectivity index (χ0n) is 11.1. The van der Waals surface area contributed by atoms with Crippen LogP contribution in [0.2, 0.25) is 0 Å². The lowest BCUT2D eigenvalue weighted by Gasteiger charge is -2.10. The van der Waals surface area contributed by atoms with Gasteiger partial charge in [0, 0.05) is 10.9 Å². The summed E-state index contributed by atoms with van der Waals surface area (Å²) in [6, 6.07) is 6.80. The van der Waals surface area contributed by atoms with Crippen LogP contribution in [0, 0.1) is 6.92 Å². The van der Waals surface area contributed by atoms with E-state index in [1.54, 1.807) is 31.2 Å². The highest BCUT2D eigenvalue weighted by Crippen LogP contribution is 2.36. The van der Waals surface area contributed by atoms with Gasteiger partial charge in [-0.05, 0) is 13.0 Å². The van der Waals surface area contributed by atoms with E-state index in [0.29, 0.717) is 22.1 Å². The molecule has 116 valence electrons. The van der Waals surface area contributed by atoms with Crippen LogP contribution < -0.4 is 4.18 Å². The van der Waals surface area contributed by atoms with E-state index in [9.17, 15) is 21.6 Å². The third-order valence-electron chi connectivity index (χ3n) is 3.17. The van der Waals surface area contributed by atoms with Crippen LogP contribution in [0.1, 0.15) is 5.69 Å². The van der Waals surface area contributed by atoms with E-state index < -0.39 is 21.4 Å². The fraction of sp³-hybridized carbons (Fsp3) is 0.154. The molecule has 0 atom stereocenters. The van der Waals surface area contributed by atoms with E-state index >= 15 is 0 Å². The zero-order valence-corrected chi connectivity index (χ0v) is 11.9. The summed E-state index contributed by atoms with van der Waals surface area (Å²) in [6.07, 6.45) is 0.973. The predicted octanol–water partition coefficient (Wildman–Crippen LogP) is 3.25. The molecule has 0 saturated heterocycles. The summed E-state index contributed by atoms with van der Waals surface area (Å²) in [4.78, 5) is 6.87. The fourth-order valence-electron chi connectivity index (χ4n) is 2.18. The third-order valence-corrected chi connectivity index (χ3v) is 4.14. The number of benzene rings is 1. The molecule has 0 spiro atoms. The summed E-state index contributed by atoms with van der Waals surface area (Å²) in [5, 5.41) is 0.797. The number of para-hydroxylation sites is 1. The fourth-order valence-corrected chi connectivity index (χ4v) is 2.64. The second kappa shape index (κ2) is 4.60.